The van der Waals surface area contributed by atoms with Crippen LogP contribution >= 0.6 is 0 Å². The Morgan fingerprint density at radius 2 is 1.81 bits per heavy atom. The summed E-state index contributed by atoms with van der Waals surface area (Å²) in [5, 5.41) is 25.8. The average Bonchev–Trinajstić information content (AvgIpc) is 2.99. The van der Waals surface area contributed by atoms with Crippen LogP contribution in [0.5, 0.6) is 17.2 Å². The summed E-state index contributed by atoms with van der Waals surface area (Å²) in [7, 11) is 1.54. The van der Waals surface area contributed by atoms with E-state index in [0.29, 0.717) is 49.8 Å². The molecular weight excluding hydrogens is 548 g/mol. The highest BCUT2D eigenvalue weighted by Gasteiger charge is 2.31. The standard InChI is InChI=1S/C34H38N2O7/c1-22-7-6-10-26(37)9-5-3-4-8-25-19-29(38)32(33(40)31(25)34(41)43-22)28(24-11-13-27(42-2)14-12-24)20-30(39)36-21-23-15-17-35-18-16-23/h4,8,11-19,22,28,38,40H,3,5-7,9-10,20-21H2,1-2H3,(H,36,39)/t22-,28?/m0/s1. The number of nitrogens with zero attached hydrogens (tertiary/aromatic N) is 1. The number of amides is 1. The van der Waals surface area contributed by atoms with Gasteiger partial charge in [-0.1, -0.05) is 24.3 Å². The Morgan fingerprint density at radius 1 is 1.09 bits per heavy atom. The minimum Gasteiger partial charge on any atom is -0.507 e. The molecule has 3 N–H and O–H groups in total. The van der Waals surface area contributed by atoms with E-state index in [1.165, 1.54) is 6.07 Å². The van der Waals surface area contributed by atoms with Gasteiger partial charge >= 0.3 is 5.97 Å². The average molecular weight is 587 g/mol. The number of carbonyl (C=O) groups excluding carboxylic acids is 3. The summed E-state index contributed by atoms with van der Waals surface area (Å²) in [6.07, 6.45) is 9.36. The van der Waals surface area contributed by atoms with Crippen LogP contribution in [0.3, 0.4) is 0 Å². The van der Waals surface area contributed by atoms with E-state index in [-0.39, 0.29) is 47.1 Å². The van der Waals surface area contributed by atoms with Gasteiger partial charge in [0.2, 0.25) is 5.91 Å². The van der Waals surface area contributed by atoms with Gasteiger partial charge in [-0.2, -0.15) is 0 Å². The number of rotatable bonds is 7. The number of hydrogen-bond donors (Lipinski definition) is 3. The van der Waals surface area contributed by atoms with Gasteiger partial charge in [-0.05, 0) is 79.6 Å². The number of methoxy groups -OCH3 is 1. The fourth-order valence-corrected chi connectivity index (χ4v) is 5.20. The van der Waals surface area contributed by atoms with Gasteiger partial charge in [0.15, 0.2) is 0 Å². The van der Waals surface area contributed by atoms with Gasteiger partial charge in [0.05, 0.1) is 13.2 Å². The zero-order valence-electron chi connectivity index (χ0n) is 24.5. The molecule has 226 valence electrons. The van der Waals surface area contributed by atoms with Gasteiger partial charge in [-0.3, -0.25) is 14.6 Å². The summed E-state index contributed by atoms with van der Waals surface area (Å²) in [5.41, 5.74) is 1.75. The number of Topliss-reactive ketones (excluding diaryl/α,β-unsaturated/α-hetero) is 1. The van der Waals surface area contributed by atoms with Gasteiger partial charge in [0, 0.05) is 49.7 Å². The lowest BCUT2D eigenvalue weighted by Crippen LogP contribution is -2.25. The molecule has 1 aromatic heterocycles. The molecule has 0 saturated heterocycles. The van der Waals surface area contributed by atoms with Gasteiger partial charge in [-0.25, -0.2) is 4.79 Å². The van der Waals surface area contributed by atoms with Crippen LogP contribution in [-0.2, 0) is 20.9 Å². The van der Waals surface area contributed by atoms with E-state index in [1.807, 2.05) is 0 Å². The topological polar surface area (TPSA) is 135 Å². The molecule has 9 heteroatoms. The number of allylic oxidation sites excluding steroid dienone is 1. The van der Waals surface area contributed by atoms with Crippen molar-refractivity contribution < 1.29 is 34.1 Å². The van der Waals surface area contributed by atoms with Crippen LogP contribution in [0.2, 0.25) is 0 Å². The minimum atomic E-state index is -0.804. The summed E-state index contributed by atoms with van der Waals surface area (Å²) < 4.78 is 11.0. The van der Waals surface area contributed by atoms with Gasteiger partial charge < -0.3 is 25.0 Å². The first-order valence-electron chi connectivity index (χ1n) is 14.5. The number of nitrogens with one attached hydrogen (secondary N) is 1. The molecule has 2 heterocycles. The summed E-state index contributed by atoms with van der Waals surface area (Å²) in [6, 6.07) is 12.0. The molecule has 1 aliphatic rings. The van der Waals surface area contributed by atoms with Crippen molar-refractivity contribution in [2.45, 2.75) is 70.4 Å². The molecule has 0 fully saturated rings. The van der Waals surface area contributed by atoms with E-state index in [4.69, 9.17) is 9.47 Å². The summed E-state index contributed by atoms with van der Waals surface area (Å²) in [5.74, 6) is -1.79. The summed E-state index contributed by atoms with van der Waals surface area (Å²) in [4.78, 5) is 42.8. The number of aromatic nitrogens is 1. The molecule has 2 aromatic carbocycles. The number of aromatic hydroxyl groups is 2. The first-order valence-corrected chi connectivity index (χ1v) is 14.5. The Balaban J connectivity index is 1.74. The molecule has 0 radical (unpaired) electrons. The SMILES string of the molecule is COc1ccc(C(CC(=O)NCc2ccncc2)c2c(O)cc3c(c2O)C(=O)O[C@@H](C)CCCC(=O)CCCC=C3)cc1. The second-order valence-corrected chi connectivity index (χ2v) is 10.7. The van der Waals surface area contributed by atoms with Gasteiger partial charge in [0.1, 0.15) is 28.6 Å². The third-order valence-electron chi connectivity index (χ3n) is 7.55. The first-order chi connectivity index (χ1) is 20.8. The van der Waals surface area contributed by atoms with Crippen molar-refractivity contribution in [3.05, 3.63) is 88.8 Å². The summed E-state index contributed by atoms with van der Waals surface area (Å²) in [6.45, 7) is 2.02. The number of carbonyl (C=O) groups is 3. The third-order valence-corrected chi connectivity index (χ3v) is 7.55. The van der Waals surface area contributed by atoms with Crippen LogP contribution < -0.4 is 10.1 Å². The van der Waals surface area contributed by atoms with Crippen LogP contribution in [0.1, 0.15) is 90.4 Å². The van der Waals surface area contributed by atoms with E-state index in [1.54, 1.807) is 75.0 Å². The number of ketones is 1. The van der Waals surface area contributed by atoms with E-state index >= 15 is 0 Å². The molecule has 0 aliphatic carbocycles. The lowest BCUT2D eigenvalue weighted by atomic mass is 9.84. The molecule has 43 heavy (non-hydrogen) atoms. The van der Waals surface area contributed by atoms with Crippen LogP contribution in [0, 0.1) is 0 Å². The van der Waals surface area contributed by atoms with Crippen LogP contribution in [0.15, 0.2) is 60.9 Å². The Hall–Kier alpha value is -4.66. The van der Waals surface area contributed by atoms with E-state index in [2.05, 4.69) is 10.3 Å². The quantitative estimate of drug-likeness (QED) is 0.295. The Labute approximate surface area is 251 Å². The molecule has 9 nitrogen and oxygen atoms in total. The van der Waals surface area contributed by atoms with Gasteiger partial charge in [0.25, 0.3) is 0 Å². The van der Waals surface area contributed by atoms with E-state index in [0.717, 1.165) is 5.56 Å². The zero-order chi connectivity index (χ0) is 30.8. The molecule has 1 aliphatic heterocycles. The lowest BCUT2D eigenvalue weighted by Gasteiger charge is -2.23. The number of ether oxygens (including phenoxy) is 2. The number of phenols is 2. The van der Waals surface area contributed by atoms with Crippen molar-refractivity contribution in [2.75, 3.05) is 7.11 Å². The molecule has 4 rings (SSSR count). The highest BCUT2D eigenvalue weighted by Crippen LogP contribution is 2.44. The zero-order valence-corrected chi connectivity index (χ0v) is 24.5. The highest BCUT2D eigenvalue weighted by atomic mass is 16.5. The maximum absolute atomic E-state index is 13.5. The predicted octanol–water partition coefficient (Wildman–Crippen LogP) is 5.82. The van der Waals surface area contributed by atoms with Crippen LogP contribution in [0.4, 0.5) is 0 Å². The fraction of sp³-hybridized carbons (Fsp3) is 0.353. The first kappa shape index (κ1) is 31.3. The Kier molecular flexibility index (Phi) is 10.9. The maximum Gasteiger partial charge on any atom is 0.342 e. The molecule has 0 spiro atoms. The molecule has 1 amide bonds. The number of esters is 1. The molecule has 2 atom stereocenters. The van der Waals surface area contributed by atoms with E-state index < -0.39 is 23.7 Å². The van der Waals surface area contributed by atoms with Gasteiger partial charge in [-0.15, -0.1) is 0 Å². The van der Waals surface area contributed by atoms with Crippen LogP contribution in [0.25, 0.3) is 6.08 Å². The number of benzene rings is 2. The molecule has 0 bridgehead atoms. The van der Waals surface area contributed by atoms with Crippen molar-refractivity contribution in [3.8, 4) is 17.2 Å². The smallest absolute Gasteiger partial charge is 0.342 e. The highest BCUT2D eigenvalue weighted by molar-refractivity contribution is 5.98. The molecular formula is C34H38N2O7. The summed E-state index contributed by atoms with van der Waals surface area (Å²) >= 11 is 0. The predicted molar refractivity (Wildman–Crippen MR) is 162 cm³/mol. The maximum atomic E-state index is 13.5. The second kappa shape index (κ2) is 15.0. The Bertz CT molecular complexity index is 1450. The lowest BCUT2D eigenvalue weighted by molar-refractivity contribution is -0.121. The monoisotopic (exact) mass is 586 g/mol. The number of pyridine rings is 1. The van der Waals surface area contributed by atoms with Crippen molar-refractivity contribution in [3.63, 3.8) is 0 Å². The molecule has 1 unspecified atom stereocenters. The number of fused-ring (bicyclic) bond motifs is 1. The minimum absolute atomic E-state index is 0.0488. The normalized spacial score (nSPS) is 16.8. The fourth-order valence-electron chi connectivity index (χ4n) is 5.20. The van der Waals surface area contributed by atoms with E-state index in [9.17, 15) is 24.6 Å². The third kappa shape index (κ3) is 8.44. The van der Waals surface area contributed by atoms with Crippen LogP contribution in [-0.4, -0.2) is 46.1 Å². The van der Waals surface area contributed by atoms with Crippen molar-refractivity contribution in [1.29, 1.82) is 0 Å². The number of phenolic OH excluding ortho intramolecular Hbond substituents is 2. The molecule has 3 aromatic rings. The Morgan fingerprint density at radius 3 is 2.53 bits per heavy atom. The second-order valence-electron chi connectivity index (χ2n) is 10.7. The van der Waals surface area contributed by atoms with Crippen molar-refractivity contribution >= 4 is 23.7 Å². The van der Waals surface area contributed by atoms with Crippen molar-refractivity contribution in [1.82, 2.24) is 10.3 Å². The molecule has 0 saturated carbocycles. The number of cyclic esters (lactones) is 1. The number of hydrogen-bond acceptors (Lipinski definition) is 8. The largest absolute Gasteiger partial charge is 0.507 e. The van der Waals surface area contributed by atoms with Crippen molar-refractivity contribution in [2.24, 2.45) is 0 Å².